The van der Waals surface area contributed by atoms with Crippen LogP contribution in [0.4, 0.5) is 0 Å². The first-order valence-electron chi connectivity index (χ1n) is 10.3. The topological polar surface area (TPSA) is 80.0 Å². The van der Waals surface area contributed by atoms with Crippen molar-refractivity contribution in [3.8, 4) is 11.3 Å². The maximum absolute atomic E-state index is 11.9. The van der Waals surface area contributed by atoms with Gasteiger partial charge in [-0.2, -0.15) is 5.10 Å². The van der Waals surface area contributed by atoms with Crippen molar-refractivity contribution in [1.29, 1.82) is 0 Å². The molecule has 7 heteroatoms. The normalized spacial score (nSPS) is 12.4. The number of fused-ring (bicyclic) bond motifs is 3. The van der Waals surface area contributed by atoms with Gasteiger partial charge in [-0.25, -0.2) is 4.79 Å². The van der Waals surface area contributed by atoms with Gasteiger partial charge in [-0.05, 0) is 74.5 Å². The number of halogens is 1. The van der Waals surface area contributed by atoms with Crippen molar-refractivity contribution in [2.45, 2.75) is 38.6 Å². The molecule has 0 saturated carbocycles. The first-order valence-corrected chi connectivity index (χ1v) is 10.7. The Kier molecular flexibility index (Phi) is 6.45. The van der Waals surface area contributed by atoms with Gasteiger partial charge < -0.3 is 10.4 Å². The van der Waals surface area contributed by atoms with Gasteiger partial charge in [-0.1, -0.05) is 23.7 Å². The molecular weight excluding hydrogens is 400 g/mol. The highest BCUT2D eigenvalue weighted by atomic mass is 35.5. The average Bonchev–Trinajstić information content (AvgIpc) is 3.13. The van der Waals surface area contributed by atoms with E-state index in [2.05, 4.69) is 27.5 Å². The molecule has 3 aromatic rings. The van der Waals surface area contributed by atoms with Crippen molar-refractivity contribution in [1.82, 2.24) is 20.1 Å². The number of aromatic nitrogens is 3. The van der Waals surface area contributed by atoms with Crippen molar-refractivity contribution in [2.75, 3.05) is 13.1 Å². The Morgan fingerprint density at radius 1 is 1.13 bits per heavy atom. The molecule has 0 radical (unpaired) electrons. The molecule has 0 unspecified atom stereocenters. The number of aryl methyl sites for hydroxylation is 3. The van der Waals surface area contributed by atoms with E-state index in [9.17, 15) is 9.90 Å². The molecule has 0 atom stereocenters. The van der Waals surface area contributed by atoms with Crippen LogP contribution < -0.4 is 5.32 Å². The summed E-state index contributed by atoms with van der Waals surface area (Å²) in [5, 5.41) is 18.6. The third-order valence-corrected chi connectivity index (χ3v) is 5.76. The van der Waals surface area contributed by atoms with E-state index in [1.165, 1.54) is 5.56 Å². The Hall–Kier alpha value is -2.70. The third kappa shape index (κ3) is 4.55. The molecule has 156 valence electrons. The zero-order valence-corrected chi connectivity index (χ0v) is 17.5. The van der Waals surface area contributed by atoms with Gasteiger partial charge in [-0.3, -0.25) is 9.67 Å². The predicted molar refractivity (Wildman–Crippen MR) is 117 cm³/mol. The van der Waals surface area contributed by atoms with Crippen LogP contribution in [0.1, 0.15) is 40.0 Å². The van der Waals surface area contributed by atoms with E-state index in [0.717, 1.165) is 66.2 Å². The molecule has 1 aromatic carbocycles. The fourth-order valence-electron chi connectivity index (χ4n) is 4.02. The van der Waals surface area contributed by atoms with Crippen molar-refractivity contribution in [3.63, 3.8) is 0 Å². The molecule has 6 nitrogen and oxygen atoms in total. The van der Waals surface area contributed by atoms with E-state index in [1.54, 1.807) is 10.9 Å². The standard InChI is InChI=1S/C23H25ClN4O2/c24-18-7-4-16(5-8-18)3-1-11-25-12-2-14-28-22(23(29)30)20-9-6-17-15-26-13-10-19(17)21(20)27-28/h4-5,7-8,10,13,15,25H,1-3,6,9,11-12,14H2,(H,29,30). The lowest BCUT2D eigenvalue weighted by Gasteiger charge is -2.14. The zero-order valence-electron chi connectivity index (χ0n) is 16.8. The van der Waals surface area contributed by atoms with Crippen LogP contribution >= 0.6 is 11.6 Å². The number of carbonyl (C=O) groups is 1. The van der Waals surface area contributed by atoms with Crippen molar-refractivity contribution in [3.05, 3.63) is 70.1 Å². The SMILES string of the molecule is O=C(O)c1c2c(nn1CCCNCCCc1ccc(Cl)cc1)-c1ccncc1CC2. The lowest BCUT2D eigenvalue weighted by molar-refractivity contribution is 0.0681. The molecule has 1 aliphatic rings. The highest BCUT2D eigenvalue weighted by Gasteiger charge is 2.27. The monoisotopic (exact) mass is 424 g/mol. The summed E-state index contributed by atoms with van der Waals surface area (Å²) in [5.41, 5.74) is 5.39. The van der Waals surface area contributed by atoms with Gasteiger partial charge in [0.2, 0.25) is 0 Å². The Morgan fingerprint density at radius 2 is 1.93 bits per heavy atom. The Balaban J connectivity index is 1.30. The molecule has 2 aromatic heterocycles. The minimum atomic E-state index is -0.905. The molecule has 0 amide bonds. The molecule has 2 heterocycles. The number of carboxylic acids is 1. The van der Waals surface area contributed by atoms with E-state index in [0.29, 0.717) is 18.7 Å². The van der Waals surface area contributed by atoms with Gasteiger partial charge in [0.1, 0.15) is 5.69 Å². The molecule has 4 rings (SSSR count). The van der Waals surface area contributed by atoms with Crippen LogP contribution in [0.2, 0.25) is 5.02 Å². The summed E-state index contributed by atoms with van der Waals surface area (Å²) in [6.07, 6.45) is 7.96. The van der Waals surface area contributed by atoms with Gasteiger partial charge in [0.15, 0.2) is 0 Å². The molecule has 0 fully saturated rings. The first kappa shape index (κ1) is 20.6. The number of pyridine rings is 1. The molecule has 1 aliphatic carbocycles. The van der Waals surface area contributed by atoms with Gasteiger partial charge in [0.05, 0.1) is 5.69 Å². The lowest BCUT2D eigenvalue weighted by atomic mass is 9.90. The number of hydrogen-bond donors (Lipinski definition) is 2. The summed E-state index contributed by atoms with van der Waals surface area (Å²) in [6.45, 7) is 2.33. The van der Waals surface area contributed by atoms with Crippen LogP contribution in [-0.4, -0.2) is 38.9 Å². The Morgan fingerprint density at radius 3 is 2.73 bits per heavy atom. The van der Waals surface area contributed by atoms with Crippen molar-refractivity contribution < 1.29 is 9.90 Å². The maximum atomic E-state index is 11.9. The van der Waals surface area contributed by atoms with Gasteiger partial charge >= 0.3 is 5.97 Å². The van der Waals surface area contributed by atoms with Crippen LogP contribution in [-0.2, 0) is 25.8 Å². The number of carboxylic acid groups (broad SMARTS) is 1. The van der Waals surface area contributed by atoms with E-state index >= 15 is 0 Å². The largest absolute Gasteiger partial charge is 0.477 e. The number of benzene rings is 1. The van der Waals surface area contributed by atoms with E-state index in [4.69, 9.17) is 11.6 Å². The molecular formula is C23H25ClN4O2. The average molecular weight is 425 g/mol. The van der Waals surface area contributed by atoms with Crippen LogP contribution in [0, 0.1) is 0 Å². The van der Waals surface area contributed by atoms with E-state index < -0.39 is 5.97 Å². The second kappa shape index (κ2) is 9.41. The van der Waals surface area contributed by atoms with Crippen molar-refractivity contribution >= 4 is 17.6 Å². The highest BCUT2D eigenvalue weighted by Crippen LogP contribution is 2.34. The first-order chi connectivity index (χ1) is 14.6. The number of hydrogen-bond acceptors (Lipinski definition) is 4. The number of nitrogens with one attached hydrogen (secondary N) is 1. The van der Waals surface area contributed by atoms with Crippen molar-refractivity contribution in [2.24, 2.45) is 0 Å². The zero-order chi connectivity index (χ0) is 20.9. The van der Waals surface area contributed by atoms with Crippen LogP contribution in [0.5, 0.6) is 0 Å². The molecule has 30 heavy (non-hydrogen) atoms. The van der Waals surface area contributed by atoms with E-state index in [-0.39, 0.29) is 0 Å². The quantitative estimate of drug-likeness (QED) is 0.507. The van der Waals surface area contributed by atoms with Crippen LogP contribution in [0.15, 0.2) is 42.7 Å². The maximum Gasteiger partial charge on any atom is 0.354 e. The highest BCUT2D eigenvalue weighted by molar-refractivity contribution is 6.30. The molecule has 0 bridgehead atoms. The number of aromatic carboxylic acids is 1. The molecule has 0 aliphatic heterocycles. The molecule has 0 saturated heterocycles. The summed E-state index contributed by atoms with van der Waals surface area (Å²) >= 11 is 5.91. The summed E-state index contributed by atoms with van der Waals surface area (Å²) < 4.78 is 1.66. The Labute approximate surface area is 180 Å². The number of nitrogens with zero attached hydrogens (tertiary/aromatic N) is 3. The fourth-order valence-corrected chi connectivity index (χ4v) is 4.14. The summed E-state index contributed by atoms with van der Waals surface area (Å²) in [6, 6.07) is 9.89. The minimum absolute atomic E-state index is 0.329. The molecule has 2 N–H and O–H groups in total. The lowest BCUT2D eigenvalue weighted by Crippen LogP contribution is -2.20. The second-order valence-corrected chi connectivity index (χ2v) is 8.01. The Bertz CT molecular complexity index is 1030. The van der Waals surface area contributed by atoms with Crippen LogP contribution in [0.3, 0.4) is 0 Å². The van der Waals surface area contributed by atoms with Gasteiger partial charge in [0.25, 0.3) is 0 Å². The fraction of sp³-hybridized carbons (Fsp3) is 0.348. The summed E-state index contributed by atoms with van der Waals surface area (Å²) in [5.74, 6) is -0.905. The minimum Gasteiger partial charge on any atom is -0.477 e. The summed E-state index contributed by atoms with van der Waals surface area (Å²) in [7, 11) is 0. The van der Waals surface area contributed by atoms with E-state index in [1.807, 2.05) is 24.4 Å². The smallest absolute Gasteiger partial charge is 0.354 e. The second-order valence-electron chi connectivity index (χ2n) is 7.57. The number of rotatable bonds is 9. The summed E-state index contributed by atoms with van der Waals surface area (Å²) in [4.78, 5) is 16.1. The van der Waals surface area contributed by atoms with Crippen LogP contribution in [0.25, 0.3) is 11.3 Å². The molecule has 0 spiro atoms. The predicted octanol–water partition coefficient (Wildman–Crippen LogP) is 4.01. The van der Waals surface area contributed by atoms with Gasteiger partial charge in [0, 0.05) is 35.1 Å². The third-order valence-electron chi connectivity index (χ3n) is 5.51. The van der Waals surface area contributed by atoms with Gasteiger partial charge in [-0.15, -0.1) is 0 Å².